The van der Waals surface area contributed by atoms with Gasteiger partial charge in [0.1, 0.15) is 0 Å². The van der Waals surface area contributed by atoms with E-state index in [4.69, 9.17) is 0 Å². The summed E-state index contributed by atoms with van der Waals surface area (Å²) in [5.41, 5.74) is 7.09. The first-order chi connectivity index (χ1) is 10.1. The predicted molar refractivity (Wildman–Crippen MR) is 90.4 cm³/mol. The molecule has 0 nitrogen and oxygen atoms in total. The van der Waals surface area contributed by atoms with E-state index >= 15 is 0 Å². The van der Waals surface area contributed by atoms with Gasteiger partial charge in [-0.1, -0.05) is 77.9 Å². The molecule has 0 saturated heterocycles. The fourth-order valence-corrected chi connectivity index (χ4v) is 3.56. The van der Waals surface area contributed by atoms with E-state index in [0.29, 0.717) is 0 Å². The molecular weight excluding hydrogens is 252 g/mol. The SMILES string of the molecule is CC1=CC(C)=C(C(C)(c2ccccc2)c2ccccc2)C1. The molecule has 2 aromatic rings. The van der Waals surface area contributed by atoms with Gasteiger partial charge in [-0.05, 0) is 43.9 Å². The fraction of sp³-hybridized carbons (Fsp3) is 0.238. The second kappa shape index (κ2) is 5.37. The first-order valence-corrected chi connectivity index (χ1v) is 7.61. The number of hydrogen-bond acceptors (Lipinski definition) is 0. The van der Waals surface area contributed by atoms with E-state index in [-0.39, 0.29) is 5.41 Å². The number of benzene rings is 2. The zero-order valence-corrected chi connectivity index (χ0v) is 13.1. The molecule has 0 heterocycles. The van der Waals surface area contributed by atoms with Gasteiger partial charge in [-0.15, -0.1) is 0 Å². The lowest BCUT2D eigenvalue weighted by Crippen LogP contribution is -2.26. The highest BCUT2D eigenvalue weighted by atomic mass is 14.4. The lowest BCUT2D eigenvalue weighted by molar-refractivity contribution is 0.653. The Morgan fingerprint density at radius 2 is 1.24 bits per heavy atom. The summed E-state index contributed by atoms with van der Waals surface area (Å²) in [6.07, 6.45) is 3.41. The molecule has 1 aliphatic carbocycles. The van der Waals surface area contributed by atoms with Gasteiger partial charge in [0.15, 0.2) is 0 Å². The van der Waals surface area contributed by atoms with Crippen LogP contribution < -0.4 is 0 Å². The maximum absolute atomic E-state index is 2.36. The van der Waals surface area contributed by atoms with Crippen LogP contribution in [0.4, 0.5) is 0 Å². The van der Waals surface area contributed by atoms with E-state index in [2.05, 4.69) is 87.5 Å². The molecule has 0 unspecified atom stereocenters. The Labute approximate surface area is 127 Å². The van der Waals surface area contributed by atoms with Gasteiger partial charge in [0.05, 0.1) is 0 Å². The van der Waals surface area contributed by atoms with Crippen molar-refractivity contribution < 1.29 is 0 Å². The van der Waals surface area contributed by atoms with E-state index < -0.39 is 0 Å². The molecule has 0 radical (unpaired) electrons. The van der Waals surface area contributed by atoms with E-state index in [1.165, 1.54) is 27.8 Å². The maximum Gasteiger partial charge on any atom is 0.0391 e. The summed E-state index contributed by atoms with van der Waals surface area (Å²) in [5.74, 6) is 0. The average Bonchev–Trinajstić information content (AvgIpc) is 2.87. The normalized spacial score (nSPS) is 15.3. The zero-order chi connectivity index (χ0) is 14.9. The molecular formula is C21H22. The first kappa shape index (κ1) is 13.9. The summed E-state index contributed by atoms with van der Waals surface area (Å²) in [5, 5.41) is 0. The minimum atomic E-state index is -0.0547. The Kier molecular flexibility index (Phi) is 3.55. The van der Waals surface area contributed by atoms with Crippen LogP contribution in [0.15, 0.2) is 83.5 Å². The third-order valence-electron chi connectivity index (χ3n) is 4.70. The highest BCUT2D eigenvalue weighted by molar-refractivity contribution is 5.54. The smallest absolute Gasteiger partial charge is 0.0391 e. The van der Waals surface area contributed by atoms with Gasteiger partial charge in [-0.2, -0.15) is 0 Å². The van der Waals surface area contributed by atoms with Gasteiger partial charge in [0, 0.05) is 5.41 Å². The molecule has 0 aromatic heterocycles. The summed E-state index contributed by atoms with van der Waals surface area (Å²) in [4.78, 5) is 0. The Morgan fingerprint density at radius 3 is 1.62 bits per heavy atom. The molecule has 0 aliphatic heterocycles. The summed E-state index contributed by atoms with van der Waals surface area (Å²) < 4.78 is 0. The second-order valence-electron chi connectivity index (χ2n) is 6.19. The summed E-state index contributed by atoms with van der Waals surface area (Å²) in [6, 6.07) is 21.7. The highest BCUT2D eigenvalue weighted by Gasteiger charge is 2.35. The largest absolute Gasteiger partial charge is 0.0689 e. The van der Waals surface area contributed by atoms with Crippen LogP contribution in [0.25, 0.3) is 0 Å². The molecule has 106 valence electrons. The van der Waals surface area contributed by atoms with E-state index in [0.717, 1.165) is 6.42 Å². The summed E-state index contributed by atoms with van der Waals surface area (Å²) in [6.45, 7) is 6.84. The number of allylic oxidation sites excluding steroid dienone is 4. The first-order valence-electron chi connectivity index (χ1n) is 7.61. The standard InChI is InChI=1S/C21H22/c1-16-14-17(2)20(15-16)21(3,18-10-6-4-7-11-18)19-12-8-5-9-13-19/h4-14H,15H2,1-3H3. The van der Waals surface area contributed by atoms with Crippen molar-refractivity contribution >= 4 is 0 Å². The van der Waals surface area contributed by atoms with Crippen molar-refractivity contribution in [2.45, 2.75) is 32.6 Å². The molecule has 0 spiro atoms. The third-order valence-corrected chi connectivity index (χ3v) is 4.70. The van der Waals surface area contributed by atoms with Crippen molar-refractivity contribution in [2.24, 2.45) is 0 Å². The average molecular weight is 274 g/mol. The molecule has 2 aromatic carbocycles. The van der Waals surface area contributed by atoms with Crippen LogP contribution in [0.1, 0.15) is 38.3 Å². The number of rotatable bonds is 3. The van der Waals surface area contributed by atoms with Crippen molar-refractivity contribution in [1.82, 2.24) is 0 Å². The van der Waals surface area contributed by atoms with E-state index in [1.54, 1.807) is 0 Å². The quantitative estimate of drug-likeness (QED) is 0.677. The fourth-order valence-electron chi connectivity index (χ4n) is 3.56. The van der Waals surface area contributed by atoms with Crippen molar-refractivity contribution in [2.75, 3.05) is 0 Å². The van der Waals surface area contributed by atoms with Crippen molar-refractivity contribution in [3.63, 3.8) is 0 Å². The van der Waals surface area contributed by atoms with Crippen LogP contribution in [0, 0.1) is 0 Å². The molecule has 0 heteroatoms. The van der Waals surface area contributed by atoms with E-state index in [9.17, 15) is 0 Å². The monoisotopic (exact) mass is 274 g/mol. The third kappa shape index (κ3) is 2.35. The van der Waals surface area contributed by atoms with Gasteiger partial charge in [-0.25, -0.2) is 0 Å². The molecule has 21 heavy (non-hydrogen) atoms. The molecule has 0 bridgehead atoms. The van der Waals surface area contributed by atoms with Gasteiger partial charge in [0.25, 0.3) is 0 Å². The predicted octanol–water partition coefficient (Wildman–Crippen LogP) is 5.66. The lowest BCUT2D eigenvalue weighted by Gasteiger charge is -2.34. The summed E-state index contributed by atoms with van der Waals surface area (Å²) in [7, 11) is 0. The Morgan fingerprint density at radius 1 is 0.762 bits per heavy atom. The molecule has 1 aliphatic rings. The molecule has 0 N–H and O–H groups in total. The topological polar surface area (TPSA) is 0 Å². The minimum Gasteiger partial charge on any atom is -0.0689 e. The van der Waals surface area contributed by atoms with Crippen LogP contribution in [-0.4, -0.2) is 0 Å². The van der Waals surface area contributed by atoms with Crippen LogP contribution in [-0.2, 0) is 5.41 Å². The Balaban J connectivity index is 2.20. The van der Waals surface area contributed by atoms with Gasteiger partial charge in [-0.3, -0.25) is 0 Å². The highest BCUT2D eigenvalue weighted by Crippen LogP contribution is 2.45. The van der Waals surface area contributed by atoms with Crippen LogP contribution in [0.2, 0.25) is 0 Å². The Hall–Kier alpha value is -2.08. The molecule has 0 fully saturated rings. The maximum atomic E-state index is 2.36. The van der Waals surface area contributed by atoms with Crippen LogP contribution >= 0.6 is 0 Å². The molecule has 0 atom stereocenters. The molecule has 3 rings (SSSR count). The second-order valence-corrected chi connectivity index (χ2v) is 6.19. The molecule has 0 saturated carbocycles. The van der Waals surface area contributed by atoms with Crippen LogP contribution in [0.3, 0.4) is 0 Å². The van der Waals surface area contributed by atoms with Crippen LogP contribution in [0.5, 0.6) is 0 Å². The van der Waals surface area contributed by atoms with Gasteiger partial charge in [0.2, 0.25) is 0 Å². The van der Waals surface area contributed by atoms with Crippen molar-refractivity contribution in [1.29, 1.82) is 0 Å². The van der Waals surface area contributed by atoms with Crippen molar-refractivity contribution in [3.8, 4) is 0 Å². The number of hydrogen-bond donors (Lipinski definition) is 0. The molecule has 0 amide bonds. The lowest BCUT2D eigenvalue weighted by atomic mass is 9.69. The van der Waals surface area contributed by atoms with E-state index in [1.807, 2.05) is 0 Å². The Bertz CT molecular complexity index is 648. The van der Waals surface area contributed by atoms with Gasteiger partial charge >= 0.3 is 0 Å². The zero-order valence-electron chi connectivity index (χ0n) is 13.1. The van der Waals surface area contributed by atoms with Gasteiger partial charge < -0.3 is 0 Å². The summed E-state index contributed by atoms with van der Waals surface area (Å²) >= 11 is 0. The van der Waals surface area contributed by atoms with Crippen molar-refractivity contribution in [3.05, 3.63) is 94.6 Å². The minimum absolute atomic E-state index is 0.0547.